The quantitative estimate of drug-likeness (QED) is 0.321. The summed E-state index contributed by atoms with van der Waals surface area (Å²) in [5, 5.41) is 14.1. The molecule has 0 saturated heterocycles. The third kappa shape index (κ3) is 4.04. The summed E-state index contributed by atoms with van der Waals surface area (Å²) in [5.74, 6) is -0.649. The molecular formula is C12H16FN3O2. The van der Waals surface area contributed by atoms with E-state index in [4.69, 9.17) is 10.9 Å². The molecular weight excluding hydrogens is 237 g/mol. The van der Waals surface area contributed by atoms with Gasteiger partial charge in [0.1, 0.15) is 11.7 Å². The second-order valence-corrected chi connectivity index (χ2v) is 3.88. The van der Waals surface area contributed by atoms with Crippen molar-refractivity contribution in [3.05, 3.63) is 35.6 Å². The lowest BCUT2D eigenvalue weighted by atomic mass is 10.1. The molecule has 98 valence electrons. The highest BCUT2D eigenvalue weighted by Crippen LogP contribution is 2.05. The minimum absolute atomic E-state index is 0.0567. The number of hydrogen-bond acceptors (Lipinski definition) is 3. The van der Waals surface area contributed by atoms with E-state index in [1.807, 2.05) is 6.92 Å². The Morgan fingerprint density at radius 1 is 1.50 bits per heavy atom. The average Bonchev–Trinajstić information content (AvgIpc) is 2.38. The lowest BCUT2D eigenvalue weighted by molar-refractivity contribution is 0.0937. The van der Waals surface area contributed by atoms with Crippen molar-refractivity contribution in [3.63, 3.8) is 0 Å². The van der Waals surface area contributed by atoms with Crippen LogP contribution in [0.5, 0.6) is 0 Å². The van der Waals surface area contributed by atoms with Crippen molar-refractivity contribution in [1.29, 1.82) is 0 Å². The summed E-state index contributed by atoms with van der Waals surface area (Å²) in [5.41, 5.74) is 5.75. The van der Waals surface area contributed by atoms with Crippen molar-refractivity contribution in [3.8, 4) is 0 Å². The number of carbonyl (C=O) groups is 1. The van der Waals surface area contributed by atoms with Crippen molar-refractivity contribution in [2.75, 3.05) is 0 Å². The second-order valence-electron chi connectivity index (χ2n) is 3.88. The fourth-order valence-electron chi connectivity index (χ4n) is 1.46. The lowest BCUT2D eigenvalue weighted by Crippen LogP contribution is -2.37. The number of hydrogen-bond donors (Lipinski definition) is 3. The maximum Gasteiger partial charge on any atom is 0.251 e. The van der Waals surface area contributed by atoms with Gasteiger partial charge in [-0.1, -0.05) is 12.1 Å². The van der Waals surface area contributed by atoms with E-state index in [2.05, 4.69) is 10.5 Å². The first-order valence-electron chi connectivity index (χ1n) is 5.59. The summed E-state index contributed by atoms with van der Waals surface area (Å²) in [7, 11) is 0. The molecule has 4 N–H and O–H groups in total. The van der Waals surface area contributed by atoms with Crippen LogP contribution in [-0.4, -0.2) is 23.0 Å². The van der Waals surface area contributed by atoms with Crippen molar-refractivity contribution < 1.29 is 14.4 Å². The fraction of sp³-hybridized carbons (Fsp3) is 0.333. The smallest absolute Gasteiger partial charge is 0.251 e. The van der Waals surface area contributed by atoms with Crippen molar-refractivity contribution in [2.45, 2.75) is 25.8 Å². The third-order valence-corrected chi connectivity index (χ3v) is 2.52. The van der Waals surface area contributed by atoms with Crippen molar-refractivity contribution in [1.82, 2.24) is 5.32 Å². The van der Waals surface area contributed by atoms with Crippen LogP contribution in [0.3, 0.4) is 0 Å². The number of nitrogens with one attached hydrogen (secondary N) is 1. The average molecular weight is 253 g/mol. The molecule has 0 radical (unpaired) electrons. The van der Waals surface area contributed by atoms with Gasteiger partial charge in [-0.25, -0.2) is 4.39 Å². The number of oxime groups is 1. The summed E-state index contributed by atoms with van der Waals surface area (Å²) in [6.07, 6.45) is 0.906. The van der Waals surface area contributed by atoms with Crippen LogP contribution in [0.2, 0.25) is 0 Å². The molecule has 0 fully saturated rings. The molecule has 0 aliphatic rings. The Morgan fingerprint density at radius 2 is 2.11 bits per heavy atom. The number of amidine groups is 1. The van der Waals surface area contributed by atoms with Crippen LogP contribution >= 0.6 is 0 Å². The summed E-state index contributed by atoms with van der Waals surface area (Å²) in [6.45, 7) is 1.88. The number of rotatable bonds is 5. The van der Waals surface area contributed by atoms with Gasteiger partial charge >= 0.3 is 0 Å². The molecule has 0 saturated carbocycles. The monoisotopic (exact) mass is 253 g/mol. The summed E-state index contributed by atoms with van der Waals surface area (Å²) in [4.78, 5) is 11.8. The largest absolute Gasteiger partial charge is 0.409 e. The van der Waals surface area contributed by atoms with E-state index >= 15 is 0 Å². The molecule has 18 heavy (non-hydrogen) atoms. The van der Waals surface area contributed by atoms with Crippen LogP contribution in [-0.2, 0) is 0 Å². The molecule has 1 atom stereocenters. The molecule has 0 spiro atoms. The Kier molecular flexibility index (Phi) is 5.10. The van der Waals surface area contributed by atoms with Gasteiger partial charge in [-0.3, -0.25) is 4.79 Å². The van der Waals surface area contributed by atoms with E-state index in [1.54, 1.807) is 0 Å². The van der Waals surface area contributed by atoms with E-state index in [0.29, 0.717) is 12.0 Å². The molecule has 0 heterocycles. The fourth-order valence-corrected chi connectivity index (χ4v) is 1.46. The van der Waals surface area contributed by atoms with E-state index in [9.17, 15) is 9.18 Å². The highest BCUT2D eigenvalue weighted by molar-refractivity contribution is 5.94. The minimum atomic E-state index is -0.393. The molecule has 1 aromatic carbocycles. The Balaban J connectivity index is 2.64. The topological polar surface area (TPSA) is 87.7 Å². The van der Waals surface area contributed by atoms with Crippen LogP contribution in [0.25, 0.3) is 0 Å². The molecule has 6 heteroatoms. The summed E-state index contributed by atoms with van der Waals surface area (Å²) in [6, 6.07) is 5.03. The van der Waals surface area contributed by atoms with Gasteiger partial charge < -0.3 is 16.3 Å². The minimum Gasteiger partial charge on any atom is -0.409 e. The number of halogens is 1. The van der Waals surface area contributed by atoms with Gasteiger partial charge in [-0.15, -0.1) is 0 Å². The van der Waals surface area contributed by atoms with Gasteiger partial charge in [0.05, 0.1) is 0 Å². The molecule has 0 aliphatic carbocycles. The van der Waals surface area contributed by atoms with Crippen LogP contribution in [0.1, 0.15) is 30.1 Å². The normalized spacial score (nSPS) is 13.1. The van der Waals surface area contributed by atoms with Gasteiger partial charge in [0.2, 0.25) is 0 Å². The first-order chi connectivity index (χ1) is 8.56. The third-order valence-electron chi connectivity index (χ3n) is 2.52. The Bertz CT molecular complexity index is 431. The van der Waals surface area contributed by atoms with E-state index in [0.717, 1.165) is 0 Å². The predicted octanol–water partition coefficient (Wildman–Crippen LogP) is 1.47. The van der Waals surface area contributed by atoms with E-state index in [1.165, 1.54) is 24.3 Å². The van der Waals surface area contributed by atoms with E-state index in [-0.39, 0.29) is 24.2 Å². The zero-order valence-corrected chi connectivity index (χ0v) is 10.1. The zero-order chi connectivity index (χ0) is 13.5. The van der Waals surface area contributed by atoms with Gasteiger partial charge in [-0.05, 0) is 30.7 Å². The second kappa shape index (κ2) is 6.58. The highest BCUT2D eigenvalue weighted by atomic mass is 19.1. The Hall–Kier alpha value is -2.11. The Morgan fingerprint density at radius 3 is 2.61 bits per heavy atom. The van der Waals surface area contributed by atoms with Gasteiger partial charge in [-0.2, -0.15) is 0 Å². The van der Waals surface area contributed by atoms with Crippen LogP contribution in [0.15, 0.2) is 29.4 Å². The van der Waals surface area contributed by atoms with Gasteiger partial charge in [0.15, 0.2) is 0 Å². The number of amides is 1. The van der Waals surface area contributed by atoms with E-state index < -0.39 is 5.82 Å². The molecule has 1 rings (SSSR count). The molecule has 0 aliphatic heterocycles. The zero-order valence-electron chi connectivity index (χ0n) is 10.1. The number of nitrogens with zero attached hydrogens (tertiary/aromatic N) is 1. The molecule has 0 bridgehead atoms. The summed E-state index contributed by atoms with van der Waals surface area (Å²) >= 11 is 0. The molecule has 0 aromatic heterocycles. The highest BCUT2D eigenvalue weighted by Gasteiger charge is 2.13. The number of benzene rings is 1. The van der Waals surface area contributed by atoms with Gasteiger partial charge in [0, 0.05) is 18.0 Å². The standard InChI is InChI=1S/C12H16FN3O2/c1-2-10(7-11(14)16-18)15-12(17)8-3-5-9(13)6-4-8/h3-6,10,18H,2,7H2,1H3,(H2,14,16)(H,15,17). The number of nitrogens with two attached hydrogens (primary N) is 1. The first kappa shape index (κ1) is 14.0. The van der Waals surface area contributed by atoms with Crippen molar-refractivity contribution in [2.24, 2.45) is 10.9 Å². The number of carbonyl (C=O) groups excluding carboxylic acids is 1. The molecule has 1 aromatic rings. The maximum absolute atomic E-state index is 12.7. The molecule has 1 unspecified atom stereocenters. The van der Waals surface area contributed by atoms with Gasteiger partial charge in [0.25, 0.3) is 5.91 Å². The lowest BCUT2D eigenvalue weighted by Gasteiger charge is -2.16. The van der Waals surface area contributed by atoms with Crippen LogP contribution in [0.4, 0.5) is 4.39 Å². The maximum atomic E-state index is 12.7. The summed E-state index contributed by atoms with van der Waals surface area (Å²) < 4.78 is 12.7. The van der Waals surface area contributed by atoms with Crippen LogP contribution < -0.4 is 11.1 Å². The SMILES string of the molecule is CCC(CC(N)=NO)NC(=O)c1ccc(F)cc1. The molecule has 5 nitrogen and oxygen atoms in total. The molecule has 1 amide bonds. The van der Waals surface area contributed by atoms with Crippen molar-refractivity contribution >= 4 is 11.7 Å². The van der Waals surface area contributed by atoms with Crippen LogP contribution in [0, 0.1) is 5.82 Å². The Labute approximate surface area is 104 Å². The first-order valence-corrected chi connectivity index (χ1v) is 5.59. The predicted molar refractivity (Wildman–Crippen MR) is 66.0 cm³/mol.